The summed E-state index contributed by atoms with van der Waals surface area (Å²) in [4.78, 5) is 29.4. The molecule has 1 saturated heterocycles. The van der Waals surface area contributed by atoms with E-state index in [4.69, 9.17) is 0 Å². The van der Waals surface area contributed by atoms with Crippen molar-refractivity contribution < 1.29 is 14.7 Å². The van der Waals surface area contributed by atoms with Gasteiger partial charge in [0.2, 0.25) is 5.91 Å². The summed E-state index contributed by atoms with van der Waals surface area (Å²) in [5.41, 5.74) is -0.434. The van der Waals surface area contributed by atoms with Gasteiger partial charge >= 0.3 is 5.97 Å². The lowest BCUT2D eigenvalue weighted by Crippen LogP contribution is -2.56. The van der Waals surface area contributed by atoms with Crippen LogP contribution in [0.15, 0.2) is 22.9 Å². The molecule has 3 rings (SSSR count). The van der Waals surface area contributed by atoms with Crippen LogP contribution < -0.4 is 5.32 Å². The molecule has 0 saturated carbocycles. The minimum absolute atomic E-state index is 0.115. The molecule has 3 heterocycles. The fourth-order valence-corrected chi connectivity index (χ4v) is 5.31. The topological polar surface area (TPSA) is 79.3 Å². The molecule has 0 atom stereocenters. The van der Waals surface area contributed by atoms with Gasteiger partial charge in [0.05, 0.1) is 17.0 Å². The number of nitrogens with one attached hydrogen (secondary N) is 1. The Morgan fingerprint density at radius 3 is 2.74 bits per heavy atom. The van der Waals surface area contributed by atoms with E-state index < -0.39 is 11.5 Å². The van der Waals surface area contributed by atoms with E-state index in [9.17, 15) is 14.7 Å². The minimum Gasteiger partial charge on any atom is -0.480 e. The lowest BCUT2D eigenvalue weighted by atomic mass is 9.92. The Kier molecular flexibility index (Phi) is 5.03. The van der Waals surface area contributed by atoms with Crippen LogP contribution in [-0.4, -0.2) is 39.0 Å². The molecule has 0 spiro atoms. The zero-order valence-electron chi connectivity index (χ0n) is 12.3. The molecular formula is C15H16N2O3S3. The maximum absolute atomic E-state index is 12.3. The molecule has 0 unspecified atom stereocenters. The SMILES string of the molecule is O=C(Cc1csc(-c2cccs2)n1)NC1(C(=O)O)CCSCC1. The van der Waals surface area contributed by atoms with Gasteiger partial charge in [-0.05, 0) is 35.8 Å². The summed E-state index contributed by atoms with van der Waals surface area (Å²) < 4.78 is 0. The number of carbonyl (C=O) groups excluding carboxylic acids is 1. The number of amides is 1. The maximum Gasteiger partial charge on any atom is 0.329 e. The van der Waals surface area contributed by atoms with Gasteiger partial charge in [-0.3, -0.25) is 4.79 Å². The highest BCUT2D eigenvalue weighted by molar-refractivity contribution is 7.99. The van der Waals surface area contributed by atoms with Crippen LogP contribution in [0, 0.1) is 0 Å². The number of carboxylic acids is 1. The van der Waals surface area contributed by atoms with Gasteiger partial charge < -0.3 is 10.4 Å². The summed E-state index contributed by atoms with van der Waals surface area (Å²) in [5, 5.41) is 17.0. The van der Waals surface area contributed by atoms with E-state index in [0.29, 0.717) is 18.5 Å². The van der Waals surface area contributed by atoms with E-state index in [0.717, 1.165) is 21.4 Å². The maximum atomic E-state index is 12.3. The van der Waals surface area contributed by atoms with Crippen molar-refractivity contribution in [3.8, 4) is 9.88 Å². The molecule has 0 bridgehead atoms. The van der Waals surface area contributed by atoms with Crippen molar-refractivity contribution in [3.05, 3.63) is 28.6 Å². The van der Waals surface area contributed by atoms with Crippen molar-refractivity contribution in [1.82, 2.24) is 10.3 Å². The van der Waals surface area contributed by atoms with E-state index in [1.165, 1.54) is 11.3 Å². The van der Waals surface area contributed by atoms with E-state index in [2.05, 4.69) is 10.3 Å². The number of thiophene rings is 1. The molecule has 1 amide bonds. The molecule has 1 fully saturated rings. The van der Waals surface area contributed by atoms with Crippen LogP contribution in [-0.2, 0) is 16.0 Å². The van der Waals surface area contributed by atoms with Gasteiger partial charge in [-0.25, -0.2) is 9.78 Å². The van der Waals surface area contributed by atoms with E-state index >= 15 is 0 Å². The van der Waals surface area contributed by atoms with Crippen molar-refractivity contribution in [2.24, 2.45) is 0 Å². The number of thioether (sulfide) groups is 1. The molecule has 122 valence electrons. The Morgan fingerprint density at radius 1 is 1.30 bits per heavy atom. The smallest absolute Gasteiger partial charge is 0.329 e. The predicted octanol–water partition coefficient (Wildman–Crippen LogP) is 2.88. The number of aromatic nitrogens is 1. The molecule has 1 aliphatic heterocycles. The fraction of sp³-hybridized carbons (Fsp3) is 0.400. The molecule has 23 heavy (non-hydrogen) atoms. The first-order chi connectivity index (χ1) is 11.1. The van der Waals surface area contributed by atoms with Crippen LogP contribution >= 0.6 is 34.4 Å². The van der Waals surface area contributed by atoms with Gasteiger partial charge in [0.25, 0.3) is 0 Å². The molecular weight excluding hydrogens is 352 g/mol. The van der Waals surface area contributed by atoms with Crippen LogP contribution in [0.1, 0.15) is 18.5 Å². The normalized spacial score (nSPS) is 16.9. The predicted molar refractivity (Wildman–Crippen MR) is 94.2 cm³/mol. The van der Waals surface area contributed by atoms with Crippen molar-refractivity contribution in [1.29, 1.82) is 0 Å². The summed E-state index contributed by atoms with van der Waals surface area (Å²) in [6.07, 6.45) is 1.05. The van der Waals surface area contributed by atoms with Crippen LogP contribution in [0.4, 0.5) is 0 Å². The Balaban J connectivity index is 1.66. The van der Waals surface area contributed by atoms with Gasteiger partial charge in [0, 0.05) is 5.38 Å². The standard InChI is InChI=1S/C15H16N2O3S3/c18-12(17-15(14(19)20)3-6-21-7-4-15)8-10-9-23-13(16-10)11-2-1-5-22-11/h1-2,5,9H,3-4,6-8H2,(H,17,18)(H,19,20). The number of hydrogen-bond donors (Lipinski definition) is 2. The zero-order chi connectivity index (χ0) is 16.3. The molecule has 5 nitrogen and oxygen atoms in total. The van der Waals surface area contributed by atoms with Crippen LogP contribution in [0.3, 0.4) is 0 Å². The average molecular weight is 369 g/mol. The van der Waals surface area contributed by atoms with Crippen molar-refractivity contribution in [2.75, 3.05) is 11.5 Å². The lowest BCUT2D eigenvalue weighted by molar-refractivity contribution is -0.148. The van der Waals surface area contributed by atoms with E-state index in [1.54, 1.807) is 23.1 Å². The van der Waals surface area contributed by atoms with E-state index in [-0.39, 0.29) is 12.3 Å². The highest BCUT2D eigenvalue weighted by atomic mass is 32.2. The third kappa shape index (κ3) is 3.76. The van der Waals surface area contributed by atoms with Gasteiger partial charge in [0.15, 0.2) is 0 Å². The molecule has 0 aliphatic carbocycles. The van der Waals surface area contributed by atoms with Crippen LogP contribution in [0.5, 0.6) is 0 Å². The number of carboxylic acid groups (broad SMARTS) is 1. The monoisotopic (exact) mass is 368 g/mol. The van der Waals surface area contributed by atoms with Crippen molar-refractivity contribution in [2.45, 2.75) is 24.8 Å². The number of carbonyl (C=O) groups is 2. The molecule has 2 aromatic heterocycles. The molecule has 1 aliphatic rings. The number of rotatable bonds is 5. The Labute approximate surface area is 146 Å². The highest BCUT2D eigenvalue weighted by Gasteiger charge is 2.41. The third-order valence-corrected chi connectivity index (χ3v) is 6.68. The van der Waals surface area contributed by atoms with Crippen molar-refractivity contribution in [3.63, 3.8) is 0 Å². The van der Waals surface area contributed by atoms with Crippen LogP contribution in [0.2, 0.25) is 0 Å². The number of hydrogen-bond acceptors (Lipinski definition) is 6. The first kappa shape index (κ1) is 16.5. The second-order valence-electron chi connectivity index (χ2n) is 5.35. The Hall–Kier alpha value is -1.38. The quantitative estimate of drug-likeness (QED) is 0.848. The lowest BCUT2D eigenvalue weighted by Gasteiger charge is -2.33. The molecule has 8 heteroatoms. The minimum atomic E-state index is -1.12. The number of nitrogens with zero attached hydrogens (tertiary/aromatic N) is 1. The van der Waals surface area contributed by atoms with Crippen LogP contribution in [0.25, 0.3) is 9.88 Å². The molecule has 2 aromatic rings. The average Bonchev–Trinajstić information content (AvgIpc) is 3.18. The molecule has 2 N–H and O–H groups in total. The molecule has 0 radical (unpaired) electrons. The Bertz CT molecular complexity index is 691. The van der Waals surface area contributed by atoms with Gasteiger partial charge in [0.1, 0.15) is 10.5 Å². The summed E-state index contributed by atoms with van der Waals surface area (Å²) >= 11 is 4.83. The Morgan fingerprint density at radius 2 is 2.09 bits per heavy atom. The number of thiazole rings is 1. The summed E-state index contributed by atoms with van der Waals surface area (Å²) in [6.45, 7) is 0. The second-order valence-corrected chi connectivity index (χ2v) is 8.38. The van der Waals surface area contributed by atoms with E-state index in [1.807, 2.05) is 22.9 Å². The second kappa shape index (κ2) is 7.02. The van der Waals surface area contributed by atoms with Crippen molar-refractivity contribution >= 4 is 46.3 Å². The van der Waals surface area contributed by atoms with Gasteiger partial charge in [-0.15, -0.1) is 22.7 Å². The molecule has 0 aromatic carbocycles. The van der Waals surface area contributed by atoms with Gasteiger partial charge in [-0.2, -0.15) is 11.8 Å². The first-order valence-electron chi connectivity index (χ1n) is 7.19. The third-order valence-electron chi connectivity index (χ3n) is 3.76. The fourth-order valence-electron chi connectivity index (χ4n) is 2.49. The van der Waals surface area contributed by atoms with Gasteiger partial charge in [-0.1, -0.05) is 6.07 Å². The highest BCUT2D eigenvalue weighted by Crippen LogP contribution is 2.29. The number of aliphatic carboxylic acids is 1. The summed E-state index contributed by atoms with van der Waals surface area (Å²) in [6, 6.07) is 3.96. The first-order valence-corrected chi connectivity index (χ1v) is 10.1. The largest absolute Gasteiger partial charge is 0.480 e. The summed E-state index contributed by atoms with van der Waals surface area (Å²) in [5.74, 6) is 0.295. The summed E-state index contributed by atoms with van der Waals surface area (Å²) in [7, 11) is 0. The zero-order valence-corrected chi connectivity index (χ0v) is 14.7.